The van der Waals surface area contributed by atoms with Gasteiger partial charge in [-0.15, -0.1) is 0 Å². The smallest absolute Gasteiger partial charge is 0.394 e. The minimum absolute atomic E-state index is 0.296. The molecule has 1 unspecified atom stereocenters. The molecule has 0 aromatic carbocycles. The Labute approximate surface area is 79.7 Å². The maximum absolute atomic E-state index is 11.7. The van der Waals surface area contributed by atoms with Gasteiger partial charge in [0.2, 0.25) is 0 Å². The minimum Gasteiger partial charge on any atom is -0.394 e. The average Bonchev–Trinajstić information content (AvgIpc) is 2.10. The molecule has 14 heavy (non-hydrogen) atoms. The lowest BCUT2D eigenvalue weighted by Crippen LogP contribution is -2.46. The Morgan fingerprint density at radius 3 is 2.43 bits per heavy atom. The zero-order valence-electron chi connectivity index (χ0n) is 7.93. The molecule has 0 radical (unpaired) electrons. The van der Waals surface area contributed by atoms with Crippen LogP contribution < -0.4 is 5.32 Å². The monoisotopic (exact) mass is 214 g/mol. The molecule has 0 bridgehead atoms. The number of likely N-dealkylation sites (N-methyl/N-ethyl adjacent to an activating group) is 1. The Hall–Kier alpha value is -0.980. The average molecular weight is 214 g/mol. The first-order chi connectivity index (χ1) is 6.28. The third-order valence-corrected chi connectivity index (χ3v) is 1.69. The van der Waals surface area contributed by atoms with Crippen molar-refractivity contribution >= 4 is 6.03 Å². The fourth-order valence-corrected chi connectivity index (χ4v) is 0.623. The summed E-state index contributed by atoms with van der Waals surface area (Å²) in [6.45, 7) is -0.141. The van der Waals surface area contributed by atoms with Crippen LogP contribution in [0.4, 0.5) is 18.0 Å². The third kappa shape index (κ3) is 4.90. The summed E-state index contributed by atoms with van der Waals surface area (Å²) in [6, 6.07) is -1.37. The van der Waals surface area contributed by atoms with Crippen LogP contribution in [0.25, 0.3) is 0 Å². The number of urea groups is 1. The molecule has 0 aromatic heterocycles. The standard InChI is InChI=1S/C7H13F3N2O2/c1-5(3-13)12(2)6(14)11-4-7(8,9)10/h5,13H,3-4H2,1-2H3,(H,11,14). The van der Waals surface area contributed by atoms with Crippen molar-refractivity contribution in [2.75, 3.05) is 20.2 Å². The Morgan fingerprint density at radius 1 is 1.57 bits per heavy atom. The van der Waals surface area contributed by atoms with Crippen LogP contribution in [0, 0.1) is 0 Å². The van der Waals surface area contributed by atoms with E-state index in [9.17, 15) is 18.0 Å². The van der Waals surface area contributed by atoms with E-state index in [1.54, 1.807) is 5.32 Å². The van der Waals surface area contributed by atoms with E-state index in [0.29, 0.717) is 0 Å². The van der Waals surface area contributed by atoms with E-state index in [1.165, 1.54) is 14.0 Å². The second-order valence-electron chi connectivity index (χ2n) is 2.92. The van der Waals surface area contributed by atoms with Crippen molar-refractivity contribution in [3.8, 4) is 0 Å². The molecule has 0 heterocycles. The van der Waals surface area contributed by atoms with Crippen molar-refractivity contribution in [1.29, 1.82) is 0 Å². The molecule has 0 aromatic rings. The van der Waals surface area contributed by atoms with Gasteiger partial charge in [-0.25, -0.2) is 4.79 Å². The van der Waals surface area contributed by atoms with Crippen LogP contribution in [0.15, 0.2) is 0 Å². The summed E-state index contributed by atoms with van der Waals surface area (Å²) < 4.78 is 35.0. The lowest BCUT2D eigenvalue weighted by Gasteiger charge is -2.23. The van der Waals surface area contributed by atoms with Gasteiger partial charge in [0.25, 0.3) is 0 Å². The molecule has 0 fully saturated rings. The zero-order chi connectivity index (χ0) is 11.4. The Bertz CT molecular complexity index is 196. The Morgan fingerprint density at radius 2 is 2.07 bits per heavy atom. The van der Waals surface area contributed by atoms with Crippen LogP contribution in [0.3, 0.4) is 0 Å². The predicted molar refractivity (Wildman–Crippen MR) is 43.8 cm³/mol. The van der Waals surface area contributed by atoms with E-state index in [2.05, 4.69) is 0 Å². The van der Waals surface area contributed by atoms with Crippen molar-refractivity contribution in [2.45, 2.75) is 19.1 Å². The number of nitrogens with zero attached hydrogens (tertiary/aromatic N) is 1. The van der Waals surface area contributed by atoms with E-state index in [0.717, 1.165) is 4.90 Å². The van der Waals surface area contributed by atoms with E-state index < -0.39 is 24.8 Å². The largest absolute Gasteiger partial charge is 0.405 e. The zero-order valence-corrected chi connectivity index (χ0v) is 7.93. The normalized spacial score (nSPS) is 13.6. The first kappa shape index (κ1) is 13.0. The molecule has 0 saturated heterocycles. The summed E-state index contributed by atoms with van der Waals surface area (Å²) in [5, 5.41) is 10.3. The first-order valence-electron chi connectivity index (χ1n) is 3.96. The van der Waals surface area contributed by atoms with E-state index in [-0.39, 0.29) is 6.61 Å². The fraction of sp³-hybridized carbons (Fsp3) is 0.857. The van der Waals surface area contributed by atoms with Crippen molar-refractivity contribution in [1.82, 2.24) is 10.2 Å². The van der Waals surface area contributed by atoms with Gasteiger partial charge in [0.1, 0.15) is 6.54 Å². The van der Waals surface area contributed by atoms with Gasteiger partial charge in [0, 0.05) is 7.05 Å². The van der Waals surface area contributed by atoms with Gasteiger partial charge in [-0.3, -0.25) is 0 Å². The molecule has 7 heteroatoms. The number of amides is 2. The highest BCUT2D eigenvalue weighted by molar-refractivity contribution is 5.74. The number of hydrogen-bond donors (Lipinski definition) is 2. The van der Waals surface area contributed by atoms with Crippen LogP contribution in [0.2, 0.25) is 0 Å². The van der Waals surface area contributed by atoms with Crippen LogP contribution >= 0.6 is 0 Å². The highest BCUT2D eigenvalue weighted by Crippen LogP contribution is 2.12. The Balaban J connectivity index is 3.97. The maximum Gasteiger partial charge on any atom is 0.405 e. The molecule has 0 spiro atoms. The van der Waals surface area contributed by atoms with Gasteiger partial charge >= 0.3 is 12.2 Å². The van der Waals surface area contributed by atoms with E-state index in [4.69, 9.17) is 5.11 Å². The molecular formula is C7H13F3N2O2. The second kappa shape index (κ2) is 5.04. The van der Waals surface area contributed by atoms with E-state index >= 15 is 0 Å². The lowest BCUT2D eigenvalue weighted by molar-refractivity contribution is -0.123. The number of nitrogens with one attached hydrogen (secondary N) is 1. The lowest BCUT2D eigenvalue weighted by atomic mass is 10.3. The van der Waals surface area contributed by atoms with Gasteiger partial charge in [0.05, 0.1) is 12.6 Å². The van der Waals surface area contributed by atoms with Crippen LogP contribution in [-0.4, -0.2) is 48.5 Å². The van der Waals surface area contributed by atoms with Crippen molar-refractivity contribution in [3.05, 3.63) is 0 Å². The SMILES string of the molecule is CC(CO)N(C)C(=O)NCC(F)(F)F. The molecule has 0 aliphatic heterocycles. The summed E-state index contributed by atoms with van der Waals surface area (Å²) in [6.07, 6.45) is -4.42. The number of aliphatic hydroxyl groups excluding tert-OH is 1. The summed E-state index contributed by atoms with van der Waals surface area (Å²) in [5.41, 5.74) is 0. The van der Waals surface area contributed by atoms with Crippen LogP contribution in [-0.2, 0) is 0 Å². The summed E-state index contributed by atoms with van der Waals surface area (Å²) >= 11 is 0. The number of aliphatic hydroxyl groups is 1. The van der Waals surface area contributed by atoms with E-state index in [1.807, 2.05) is 0 Å². The highest BCUT2D eigenvalue weighted by Gasteiger charge is 2.28. The molecule has 4 nitrogen and oxygen atoms in total. The topological polar surface area (TPSA) is 52.6 Å². The number of rotatable bonds is 3. The van der Waals surface area contributed by atoms with Crippen molar-refractivity contribution in [3.63, 3.8) is 0 Å². The molecule has 1 atom stereocenters. The number of alkyl halides is 3. The molecule has 0 saturated carbocycles. The van der Waals surface area contributed by atoms with Crippen molar-refractivity contribution in [2.24, 2.45) is 0 Å². The Kier molecular flexibility index (Phi) is 4.69. The molecule has 0 rings (SSSR count). The number of carbonyl (C=O) groups is 1. The minimum atomic E-state index is -4.42. The van der Waals surface area contributed by atoms with Crippen LogP contribution in [0.5, 0.6) is 0 Å². The molecule has 2 N–H and O–H groups in total. The number of hydrogen-bond acceptors (Lipinski definition) is 2. The summed E-state index contributed by atoms with van der Waals surface area (Å²) in [5.74, 6) is 0. The van der Waals surface area contributed by atoms with Gasteiger partial charge in [-0.05, 0) is 6.92 Å². The van der Waals surface area contributed by atoms with Gasteiger partial charge < -0.3 is 15.3 Å². The molecule has 0 aliphatic rings. The number of carbonyl (C=O) groups excluding carboxylic acids is 1. The molecule has 0 aliphatic carbocycles. The van der Waals surface area contributed by atoms with Gasteiger partial charge in [0.15, 0.2) is 0 Å². The molecule has 2 amide bonds. The second-order valence-corrected chi connectivity index (χ2v) is 2.92. The third-order valence-electron chi connectivity index (χ3n) is 1.69. The summed E-state index contributed by atoms with van der Waals surface area (Å²) in [7, 11) is 1.31. The predicted octanol–water partition coefficient (Wildman–Crippen LogP) is 0.571. The quantitative estimate of drug-likeness (QED) is 0.721. The van der Waals surface area contributed by atoms with Gasteiger partial charge in [-0.1, -0.05) is 0 Å². The summed E-state index contributed by atoms with van der Waals surface area (Å²) in [4.78, 5) is 12.0. The highest BCUT2D eigenvalue weighted by atomic mass is 19.4. The van der Waals surface area contributed by atoms with Gasteiger partial charge in [-0.2, -0.15) is 13.2 Å². The van der Waals surface area contributed by atoms with Crippen molar-refractivity contribution < 1.29 is 23.1 Å². The molecular weight excluding hydrogens is 201 g/mol. The number of halogens is 3. The van der Waals surface area contributed by atoms with Crippen LogP contribution in [0.1, 0.15) is 6.92 Å². The fourth-order valence-electron chi connectivity index (χ4n) is 0.623. The first-order valence-corrected chi connectivity index (χ1v) is 3.96. The molecule has 84 valence electrons. The maximum atomic E-state index is 11.7.